The van der Waals surface area contributed by atoms with Crippen molar-refractivity contribution in [2.45, 2.75) is 65.4 Å². The van der Waals surface area contributed by atoms with Gasteiger partial charge in [-0.2, -0.15) is 0 Å². The van der Waals surface area contributed by atoms with Crippen molar-refractivity contribution >= 4 is 5.97 Å². The first-order valence-electron chi connectivity index (χ1n) is 6.98. The largest absolute Gasteiger partial charge is 0.462 e. The van der Waals surface area contributed by atoms with Crippen LogP contribution in [0.25, 0.3) is 0 Å². The third-order valence-corrected chi connectivity index (χ3v) is 4.35. The van der Waals surface area contributed by atoms with Gasteiger partial charge in [0.1, 0.15) is 6.10 Å². The van der Waals surface area contributed by atoms with Crippen LogP contribution in [0.5, 0.6) is 0 Å². The average molecular weight is 241 g/mol. The van der Waals surface area contributed by atoms with Crippen molar-refractivity contribution in [1.82, 2.24) is 0 Å². The summed E-state index contributed by atoms with van der Waals surface area (Å²) >= 11 is 0. The van der Waals surface area contributed by atoms with Gasteiger partial charge in [-0.1, -0.05) is 20.3 Å². The Morgan fingerprint density at radius 1 is 1.35 bits per heavy atom. The zero-order valence-electron chi connectivity index (χ0n) is 11.5. The van der Waals surface area contributed by atoms with Crippen molar-refractivity contribution in [2.75, 3.05) is 6.54 Å². The standard InChI is InChI=1S/C14H27NO2/c1-4-11-8-6-7-9-12(11)17-13(16)14(3,5-2)10-15/h11-12H,4-10,15H2,1-3H3. The number of esters is 1. The quantitative estimate of drug-likeness (QED) is 0.753. The second-order valence-corrected chi connectivity index (χ2v) is 5.51. The molecule has 0 bridgehead atoms. The molecule has 0 aliphatic heterocycles. The predicted molar refractivity (Wildman–Crippen MR) is 69.6 cm³/mol. The summed E-state index contributed by atoms with van der Waals surface area (Å²) in [5, 5.41) is 0. The monoisotopic (exact) mass is 241 g/mol. The molecular formula is C14H27NO2. The minimum atomic E-state index is -0.504. The Morgan fingerprint density at radius 3 is 2.53 bits per heavy atom. The van der Waals surface area contributed by atoms with Crippen LogP contribution < -0.4 is 5.73 Å². The molecular weight excluding hydrogens is 214 g/mol. The van der Waals surface area contributed by atoms with E-state index in [-0.39, 0.29) is 12.1 Å². The van der Waals surface area contributed by atoms with Gasteiger partial charge in [-0.15, -0.1) is 0 Å². The molecule has 3 unspecified atom stereocenters. The Morgan fingerprint density at radius 2 is 2.00 bits per heavy atom. The first-order valence-corrected chi connectivity index (χ1v) is 6.98. The summed E-state index contributed by atoms with van der Waals surface area (Å²) in [5.41, 5.74) is 5.19. The minimum absolute atomic E-state index is 0.104. The highest BCUT2D eigenvalue weighted by Gasteiger charge is 2.35. The number of rotatable bonds is 5. The zero-order chi connectivity index (χ0) is 12.9. The first-order chi connectivity index (χ1) is 8.07. The van der Waals surface area contributed by atoms with E-state index in [1.807, 2.05) is 13.8 Å². The van der Waals surface area contributed by atoms with Crippen LogP contribution in [-0.2, 0) is 9.53 Å². The summed E-state index contributed by atoms with van der Waals surface area (Å²) in [6.45, 7) is 6.44. The van der Waals surface area contributed by atoms with Gasteiger partial charge in [0.15, 0.2) is 0 Å². The van der Waals surface area contributed by atoms with Crippen LogP contribution in [0, 0.1) is 11.3 Å². The lowest BCUT2D eigenvalue weighted by Crippen LogP contribution is -2.40. The Labute approximate surface area is 105 Å². The van der Waals surface area contributed by atoms with Gasteiger partial charge in [0.05, 0.1) is 5.41 Å². The van der Waals surface area contributed by atoms with Crippen molar-refractivity contribution in [2.24, 2.45) is 17.1 Å². The van der Waals surface area contributed by atoms with Crippen LogP contribution in [0.2, 0.25) is 0 Å². The van der Waals surface area contributed by atoms with Crippen molar-refractivity contribution in [3.63, 3.8) is 0 Å². The fraction of sp³-hybridized carbons (Fsp3) is 0.929. The number of nitrogens with two attached hydrogens (primary N) is 1. The Balaban J connectivity index is 2.60. The lowest BCUT2D eigenvalue weighted by molar-refractivity contribution is -0.165. The molecule has 0 spiro atoms. The number of carbonyl (C=O) groups excluding carboxylic acids is 1. The molecule has 0 aromatic carbocycles. The summed E-state index contributed by atoms with van der Waals surface area (Å²) in [4.78, 5) is 12.2. The molecule has 1 aliphatic rings. The molecule has 0 radical (unpaired) electrons. The van der Waals surface area contributed by atoms with Gasteiger partial charge in [0, 0.05) is 6.54 Å². The topological polar surface area (TPSA) is 52.3 Å². The molecule has 0 aromatic rings. The fourth-order valence-corrected chi connectivity index (χ4v) is 2.45. The smallest absolute Gasteiger partial charge is 0.313 e. The molecule has 3 heteroatoms. The molecule has 3 nitrogen and oxygen atoms in total. The van der Waals surface area contributed by atoms with Gasteiger partial charge in [-0.25, -0.2) is 0 Å². The second kappa shape index (κ2) is 6.39. The van der Waals surface area contributed by atoms with E-state index in [4.69, 9.17) is 10.5 Å². The molecule has 1 saturated carbocycles. The SMILES string of the molecule is CCC1CCCCC1OC(=O)C(C)(CC)CN. The molecule has 1 fully saturated rings. The van der Waals surface area contributed by atoms with E-state index in [0.717, 1.165) is 19.3 Å². The van der Waals surface area contributed by atoms with E-state index >= 15 is 0 Å². The van der Waals surface area contributed by atoms with Gasteiger partial charge in [-0.3, -0.25) is 4.79 Å². The van der Waals surface area contributed by atoms with E-state index in [0.29, 0.717) is 12.5 Å². The Hall–Kier alpha value is -0.570. The molecule has 3 atom stereocenters. The molecule has 0 saturated heterocycles. The lowest BCUT2D eigenvalue weighted by atomic mass is 9.83. The maximum atomic E-state index is 12.2. The van der Waals surface area contributed by atoms with E-state index < -0.39 is 5.41 Å². The summed E-state index contributed by atoms with van der Waals surface area (Å²) < 4.78 is 5.72. The van der Waals surface area contributed by atoms with E-state index in [1.54, 1.807) is 0 Å². The average Bonchev–Trinajstić information content (AvgIpc) is 2.38. The zero-order valence-corrected chi connectivity index (χ0v) is 11.5. The molecule has 1 aliphatic carbocycles. The van der Waals surface area contributed by atoms with E-state index in [2.05, 4.69) is 6.92 Å². The van der Waals surface area contributed by atoms with Gasteiger partial charge in [0.25, 0.3) is 0 Å². The van der Waals surface area contributed by atoms with Crippen LogP contribution in [0.15, 0.2) is 0 Å². The van der Waals surface area contributed by atoms with Crippen LogP contribution >= 0.6 is 0 Å². The third-order valence-electron chi connectivity index (χ3n) is 4.35. The van der Waals surface area contributed by atoms with Gasteiger partial charge in [0.2, 0.25) is 0 Å². The first kappa shape index (κ1) is 14.5. The lowest BCUT2D eigenvalue weighted by Gasteiger charge is -2.34. The highest BCUT2D eigenvalue weighted by Crippen LogP contribution is 2.31. The predicted octanol–water partition coefficient (Wildman–Crippen LogP) is 2.87. The number of hydrogen-bond acceptors (Lipinski definition) is 3. The Bertz CT molecular complexity index is 249. The molecule has 17 heavy (non-hydrogen) atoms. The molecule has 2 N–H and O–H groups in total. The highest BCUT2D eigenvalue weighted by atomic mass is 16.5. The third kappa shape index (κ3) is 3.44. The second-order valence-electron chi connectivity index (χ2n) is 5.51. The number of hydrogen-bond donors (Lipinski definition) is 1. The van der Waals surface area contributed by atoms with Gasteiger partial charge in [-0.05, 0) is 44.9 Å². The van der Waals surface area contributed by atoms with Crippen LogP contribution in [0.4, 0.5) is 0 Å². The highest BCUT2D eigenvalue weighted by molar-refractivity contribution is 5.76. The Kier molecular flexibility index (Phi) is 5.44. The van der Waals surface area contributed by atoms with Crippen molar-refractivity contribution < 1.29 is 9.53 Å². The molecule has 0 heterocycles. The molecule has 0 aromatic heterocycles. The normalized spacial score (nSPS) is 28.5. The van der Waals surface area contributed by atoms with E-state index in [9.17, 15) is 4.79 Å². The van der Waals surface area contributed by atoms with Crippen LogP contribution in [0.3, 0.4) is 0 Å². The maximum absolute atomic E-state index is 12.2. The molecule has 0 amide bonds. The van der Waals surface area contributed by atoms with Gasteiger partial charge < -0.3 is 10.5 Å². The molecule has 100 valence electrons. The summed E-state index contributed by atoms with van der Waals surface area (Å²) in [5.74, 6) is 0.444. The van der Waals surface area contributed by atoms with Crippen molar-refractivity contribution in [3.8, 4) is 0 Å². The van der Waals surface area contributed by atoms with Crippen LogP contribution in [-0.4, -0.2) is 18.6 Å². The van der Waals surface area contributed by atoms with Crippen molar-refractivity contribution in [3.05, 3.63) is 0 Å². The molecule has 1 rings (SSSR count). The summed E-state index contributed by atoms with van der Waals surface area (Å²) in [6.07, 6.45) is 6.64. The summed E-state index contributed by atoms with van der Waals surface area (Å²) in [7, 11) is 0. The van der Waals surface area contributed by atoms with Crippen molar-refractivity contribution in [1.29, 1.82) is 0 Å². The minimum Gasteiger partial charge on any atom is -0.462 e. The maximum Gasteiger partial charge on any atom is 0.313 e. The number of ether oxygens (including phenoxy) is 1. The fourth-order valence-electron chi connectivity index (χ4n) is 2.45. The van der Waals surface area contributed by atoms with Crippen LogP contribution in [0.1, 0.15) is 59.3 Å². The van der Waals surface area contributed by atoms with E-state index in [1.165, 1.54) is 19.3 Å². The summed E-state index contributed by atoms with van der Waals surface area (Å²) in [6, 6.07) is 0. The number of carbonyl (C=O) groups is 1. The van der Waals surface area contributed by atoms with Gasteiger partial charge >= 0.3 is 5.97 Å².